The molecule has 0 saturated carbocycles. The van der Waals surface area contributed by atoms with Crippen LogP contribution in [0, 0.1) is 0 Å². The van der Waals surface area contributed by atoms with Gasteiger partial charge in [0, 0.05) is 31.7 Å². The standard InChI is InChI=1S/C12H18BrClN2O2S2/c1-12(2,3)15-4-6-16(7-5-15)20(17,18)10-8-9(14)11(13)19-10/h8H,4-7H2,1-3H3. The number of halogens is 2. The van der Waals surface area contributed by atoms with E-state index in [-0.39, 0.29) is 5.54 Å². The van der Waals surface area contributed by atoms with Crippen molar-refractivity contribution in [2.24, 2.45) is 0 Å². The summed E-state index contributed by atoms with van der Waals surface area (Å²) in [6.07, 6.45) is 0. The predicted molar refractivity (Wildman–Crippen MR) is 87.1 cm³/mol. The Morgan fingerprint density at radius 1 is 1.25 bits per heavy atom. The van der Waals surface area contributed by atoms with Crippen LogP contribution in [0.5, 0.6) is 0 Å². The molecule has 0 atom stereocenters. The number of hydrogen-bond acceptors (Lipinski definition) is 4. The highest BCUT2D eigenvalue weighted by atomic mass is 79.9. The largest absolute Gasteiger partial charge is 0.296 e. The van der Waals surface area contributed by atoms with Gasteiger partial charge in [0.15, 0.2) is 0 Å². The first-order chi connectivity index (χ1) is 9.12. The number of piperazine rings is 1. The second kappa shape index (κ2) is 5.85. The molecule has 0 unspecified atom stereocenters. The first-order valence-electron chi connectivity index (χ1n) is 6.32. The summed E-state index contributed by atoms with van der Waals surface area (Å²) < 4.78 is 27.6. The van der Waals surface area contributed by atoms with Crippen molar-refractivity contribution in [1.82, 2.24) is 9.21 Å². The van der Waals surface area contributed by atoms with E-state index in [1.165, 1.54) is 6.07 Å². The minimum atomic E-state index is -3.42. The van der Waals surface area contributed by atoms with Gasteiger partial charge in [-0.15, -0.1) is 11.3 Å². The summed E-state index contributed by atoms with van der Waals surface area (Å²) in [5.74, 6) is 0. The van der Waals surface area contributed by atoms with Gasteiger partial charge in [-0.1, -0.05) is 11.6 Å². The third-order valence-corrected chi connectivity index (χ3v) is 8.23. The highest BCUT2D eigenvalue weighted by Gasteiger charge is 2.33. The zero-order valence-electron chi connectivity index (χ0n) is 11.7. The lowest BCUT2D eigenvalue weighted by Crippen LogP contribution is -2.54. The zero-order chi connectivity index (χ0) is 15.1. The lowest BCUT2D eigenvalue weighted by molar-refractivity contribution is 0.0922. The van der Waals surface area contributed by atoms with E-state index >= 15 is 0 Å². The SMILES string of the molecule is CC(C)(C)N1CCN(S(=O)(=O)c2cc(Cl)c(Br)s2)CC1. The van der Waals surface area contributed by atoms with Gasteiger partial charge < -0.3 is 0 Å². The van der Waals surface area contributed by atoms with Gasteiger partial charge in [0.2, 0.25) is 0 Å². The van der Waals surface area contributed by atoms with Crippen LogP contribution in [0.15, 0.2) is 14.1 Å². The first-order valence-corrected chi connectivity index (χ1v) is 9.75. The van der Waals surface area contributed by atoms with Crippen LogP contribution in [0.1, 0.15) is 20.8 Å². The molecule has 0 amide bonds. The molecule has 0 bridgehead atoms. The normalized spacial score (nSPS) is 19.4. The molecule has 0 radical (unpaired) electrons. The van der Waals surface area contributed by atoms with Gasteiger partial charge >= 0.3 is 0 Å². The van der Waals surface area contributed by atoms with Crippen LogP contribution in [0.25, 0.3) is 0 Å². The summed E-state index contributed by atoms with van der Waals surface area (Å²) in [4.78, 5) is 2.30. The second-order valence-electron chi connectivity index (χ2n) is 5.75. The molecule has 8 heteroatoms. The van der Waals surface area contributed by atoms with E-state index < -0.39 is 10.0 Å². The van der Waals surface area contributed by atoms with Crippen LogP contribution >= 0.6 is 38.9 Å². The maximum atomic E-state index is 12.5. The highest BCUT2D eigenvalue weighted by Crippen LogP contribution is 2.36. The topological polar surface area (TPSA) is 40.6 Å². The average molecular weight is 402 g/mol. The Hall–Kier alpha value is 0.340. The molecule has 1 aromatic heterocycles. The Kier molecular flexibility index (Phi) is 4.89. The molecule has 1 aliphatic heterocycles. The molecule has 0 N–H and O–H groups in total. The summed E-state index contributed by atoms with van der Waals surface area (Å²) in [6, 6.07) is 1.52. The Morgan fingerprint density at radius 3 is 2.20 bits per heavy atom. The fourth-order valence-electron chi connectivity index (χ4n) is 2.18. The van der Waals surface area contributed by atoms with Crippen LogP contribution < -0.4 is 0 Å². The Labute approximate surface area is 137 Å². The molecule has 1 fully saturated rings. The predicted octanol–water partition coefficient (Wildman–Crippen LogP) is 3.27. The highest BCUT2D eigenvalue weighted by molar-refractivity contribution is 9.11. The summed E-state index contributed by atoms with van der Waals surface area (Å²) in [7, 11) is -3.42. The van der Waals surface area contributed by atoms with Crippen molar-refractivity contribution >= 4 is 48.9 Å². The molecule has 2 heterocycles. The molecule has 0 aliphatic carbocycles. The van der Waals surface area contributed by atoms with Crippen LogP contribution in [0.4, 0.5) is 0 Å². The molecule has 1 aromatic rings. The minimum Gasteiger partial charge on any atom is -0.296 e. The van der Waals surface area contributed by atoms with Gasteiger partial charge in [-0.05, 0) is 42.8 Å². The maximum Gasteiger partial charge on any atom is 0.252 e. The van der Waals surface area contributed by atoms with Gasteiger partial charge in [-0.2, -0.15) is 4.31 Å². The molecule has 4 nitrogen and oxygen atoms in total. The Bertz CT molecular complexity index is 568. The van der Waals surface area contributed by atoms with Crippen molar-refractivity contribution in [3.63, 3.8) is 0 Å². The van der Waals surface area contributed by atoms with Crippen molar-refractivity contribution in [1.29, 1.82) is 0 Å². The van der Waals surface area contributed by atoms with E-state index in [4.69, 9.17) is 11.6 Å². The fourth-order valence-corrected chi connectivity index (χ4v) is 6.16. The summed E-state index contributed by atoms with van der Waals surface area (Å²) >= 11 is 10.4. The molecule has 20 heavy (non-hydrogen) atoms. The number of thiophene rings is 1. The van der Waals surface area contributed by atoms with E-state index in [1.54, 1.807) is 4.31 Å². The van der Waals surface area contributed by atoms with Gasteiger partial charge in [0.05, 0.1) is 8.81 Å². The summed E-state index contributed by atoms with van der Waals surface area (Å²) in [5, 5.41) is 0.446. The first kappa shape index (κ1) is 16.7. The van der Waals surface area contributed by atoms with Crippen molar-refractivity contribution in [2.45, 2.75) is 30.5 Å². The van der Waals surface area contributed by atoms with Gasteiger partial charge in [0.1, 0.15) is 4.21 Å². The molecular formula is C12H18BrClN2O2S2. The number of nitrogens with zero attached hydrogens (tertiary/aromatic N) is 2. The number of hydrogen-bond donors (Lipinski definition) is 0. The van der Waals surface area contributed by atoms with Gasteiger partial charge in [0.25, 0.3) is 10.0 Å². The number of sulfonamides is 1. The molecule has 0 aromatic carbocycles. The Balaban J connectivity index is 2.13. The van der Waals surface area contributed by atoms with E-state index in [1.807, 2.05) is 0 Å². The van der Waals surface area contributed by atoms with E-state index in [9.17, 15) is 8.42 Å². The third kappa shape index (κ3) is 3.39. The van der Waals surface area contributed by atoms with Crippen molar-refractivity contribution in [3.05, 3.63) is 14.9 Å². The van der Waals surface area contributed by atoms with Gasteiger partial charge in [-0.3, -0.25) is 4.90 Å². The fraction of sp³-hybridized carbons (Fsp3) is 0.667. The summed E-state index contributed by atoms with van der Waals surface area (Å²) in [5.41, 5.74) is 0.0745. The van der Waals surface area contributed by atoms with E-state index in [2.05, 4.69) is 41.6 Å². The number of rotatable bonds is 2. The minimum absolute atomic E-state index is 0.0745. The lowest BCUT2D eigenvalue weighted by Gasteiger charge is -2.41. The quantitative estimate of drug-likeness (QED) is 0.763. The molecule has 1 aliphatic rings. The average Bonchev–Trinajstić information content (AvgIpc) is 2.69. The summed E-state index contributed by atoms with van der Waals surface area (Å²) in [6.45, 7) is 8.99. The van der Waals surface area contributed by atoms with Crippen LogP contribution in [0.3, 0.4) is 0 Å². The van der Waals surface area contributed by atoms with Crippen LogP contribution in [0.2, 0.25) is 5.02 Å². The van der Waals surface area contributed by atoms with E-state index in [0.717, 1.165) is 24.4 Å². The second-order valence-corrected chi connectivity index (χ2v) is 10.7. The molecule has 114 valence electrons. The smallest absolute Gasteiger partial charge is 0.252 e. The van der Waals surface area contributed by atoms with Crippen molar-refractivity contribution in [3.8, 4) is 0 Å². The van der Waals surface area contributed by atoms with Crippen molar-refractivity contribution in [2.75, 3.05) is 26.2 Å². The lowest BCUT2D eigenvalue weighted by atomic mass is 10.1. The molecule has 2 rings (SSSR count). The molecule has 0 spiro atoms. The Morgan fingerprint density at radius 2 is 1.80 bits per heavy atom. The molecule has 1 saturated heterocycles. The molecular weight excluding hydrogens is 384 g/mol. The third-order valence-electron chi connectivity index (χ3n) is 3.40. The maximum absolute atomic E-state index is 12.5. The van der Waals surface area contributed by atoms with Crippen LogP contribution in [-0.4, -0.2) is 49.3 Å². The van der Waals surface area contributed by atoms with Crippen molar-refractivity contribution < 1.29 is 8.42 Å². The van der Waals surface area contributed by atoms with Gasteiger partial charge in [-0.25, -0.2) is 8.42 Å². The zero-order valence-corrected chi connectivity index (χ0v) is 15.7. The van der Waals surface area contributed by atoms with Crippen LogP contribution in [-0.2, 0) is 10.0 Å². The van der Waals surface area contributed by atoms with E-state index in [0.29, 0.717) is 26.1 Å². The monoisotopic (exact) mass is 400 g/mol.